The Kier molecular flexibility index (Phi) is 29.6. The highest BCUT2D eigenvalue weighted by atomic mass is 32.2. The second-order valence-corrected chi connectivity index (χ2v) is 38.9. The van der Waals surface area contributed by atoms with Gasteiger partial charge in [-0.05, 0) is 159 Å². The first-order valence-corrected chi connectivity index (χ1v) is 47.8. The number of nitrogens with one attached hydrogen (secondary N) is 6. The Bertz CT molecular complexity index is 6110. The fraction of sp³-hybridized carbons (Fsp3) is 0.396. The van der Waals surface area contributed by atoms with E-state index >= 15 is 0 Å². The van der Waals surface area contributed by atoms with Crippen molar-refractivity contribution < 1.29 is 86.6 Å². The van der Waals surface area contributed by atoms with Crippen molar-refractivity contribution in [2.75, 3.05) is 124 Å². The van der Waals surface area contributed by atoms with Crippen LogP contribution in [0, 0.1) is 35.1 Å². The Morgan fingerprint density at radius 1 is 0.346 bits per heavy atom. The number of aliphatic hydroxyl groups excluding tert-OH is 2. The van der Waals surface area contributed by atoms with Crippen LogP contribution >= 0.6 is 0 Å². The van der Waals surface area contributed by atoms with Crippen LogP contribution in [0.4, 0.5) is 17.6 Å². The molecule has 5 amide bonds. The van der Waals surface area contributed by atoms with Gasteiger partial charge in [-0.25, -0.2) is 47.1 Å². The summed E-state index contributed by atoms with van der Waals surface area (Å²) in [6.07, 6.45) is 19.7. The number of carbonyl (C=O) groups excluding carboxylic acids is 7. The number of nitrogens with zero attached hydrogens (tertiary/aromatic N) is 8. The number of aromatic amines is 6. The molecule has 676 valence electrons. The second kappa shape index (κ2) is 40.3. The average Bonchev–Trinajstić information content (AvgIpc) is 1.64. The van der Waals surface area contributed by atoms with E-state index in [-0.39, 0.29) is 107 Å². The van der Waals surface area contributed by atoms with E-state index in [1.807, 2.05) is 36.5 Å². The van der Waals surface area contributed by atoms with Crippen molar-refractivity contribution >= 4 is 137 Å². The quantitative estimate of drug-likeness (QED) is 0.0393. The van der Waals surface area contributed by atoms with Crippen LogP contribution in [0.15, 0.2) is 159 Å². The van der Waals surface area contributed by atoms with Crippen LogP contribution in [0.2, 0.25) is 0 Å². The summed E-state index contributed by atoms with van der Waals surface area (Å²) >= 11 is 0. The van der Waals surface area contributed by atoms with Crippen molar-refractivity contribution in [2.45, 2.75) is 96.1 Å². The van der Waals surface area contributed by atoms with E-state index in [0.717, 1.165) is 47.6 Å². The lowest BCUT2D eigenvalue weighted by Gasteiger charge is -2.38. The maximum Gasteiger partial charge on any atom is 0.256 e. The Balaban J connectivity index is 0.000000130. The van der Waals surface area contributed by atoms with Gasteiger partial charge in [0, 0.05) is 244 Å². The van der Waals surface area contributed by atoms with Crippen molar-refractivity contribution in [1.82, 2.24) is 67.3 Å². The highest BCUT2D eigenvalue weighted by molar-refractivity contribution is 7.88. The number of aliphatic hydroxyl groups is 2. The molecule has 18 rings (SSSR count). The maximum absolute atomic E-state index is 13.2. The van der Waals surface area contributed by atoms with Crippen LogP contribution in [0.25, 0.3) is 65.4 Å². The molecule has 6 aliphatic rings. The number of fused-ring (bicyclic) bond motifs is 6. The first-order valence-electron chi connectivity index (χ1n) is 42.3. The van der Waals surface area contributed by atoms with Crippen LogP contribution in [-0.2, 0) is 44.5 Å². The number of amides is 5. The zero-order chi connectivity index (χ0) is 90.9. The summed E-state index contributed by atoms with van der Waals surface area (Å²) in [5.41, 5.74) is 9.37. The van der Waals surface area contributed by atoms with Crippen molar-refractivity contribution in [2.24, 2.45) is 11.8 Å². The molecule has 4 unspecified atom stereocenters. The van der Waals surface area contributed by atoms with Gasteiger partial charge in [0.2, 0.25) is 47.8 Å². The van der Waals surface area contributed by atoms with E-state index in [1.165, 1.54) is 109 Å². The number of ketones is 2. The SMILES string of the molecule is CC(=O)N1CCC(C(=O)c2c[nH]c3cc(F)ccc23)CC1.CC(=O)N1CCC(c2c[nH]c3ccccc23)CC1CO.CC(=O)N1CCN(C(=O)c2c[nH]c3cc(F)ccc23)CC1.CS(=O)(=O)N1CCC(C(=O)c2c[nH]c3cc(F)ccc23)CC1.CS(=O)(=O)N1CCC(c2c[nH]c3ccccc23)CC1CO.CS(=O)(=O)N1CCN(C(=O)c2c[nH]c3cc(F)ccc23)CC1. The van der Waals surface area contributed by atoms with Gasteiger partial charge in [0.25, 0.3) is 11.8 Å². The molecule has 12 aromatic rings. The number of hydrogen-bond acceptors (Lipinski definition) is 15. The monoisotopic (exact) mass is 1810 g/mol. The molecule has 29 nitrogen and oxygen atoms in total. The Morgan fingerprint density at radius 3 is 1.06 bits per heavy atom. The molecular formula is C91H106F4N14O15S3. The minimum atomic E-state index is -3.26. The number of halogens is 4. The number of piperazine rings is 2. The van der Waals surface area contributed by atoms with E-state index in [1.54, 1.807) is 87.4 Å². The van der Waals surface area contributed by atoms with Gasteiger partial charge < -0.3 is 64.6 Å². The molecule has 0 saturated carbocycles. The largest absolute Gasteiger partial charge is 0.395 e. The number of benzene rings is 6. The van der Waals surface area contributed by atoms with E-state index in [9.17, 15) is 86.6 Å². The molecule has 6 aromatic heterocycles. The lowest BCUT2D eigenvalue weighted by molar-refractivity contribution is -0.134. The van der Waals surface area contributed by atoms with Crippen molar-refractivity contribution in [3.05, 3.63) is 215 Å². The zero-order valence-electron chi connectivity index (χ0n) is 71.5. The molecule has 36 heteroatoms. The first kappa shape index (κ1) is 93.3. The van der Waals surface area contributed by atoms with Gasteiger partial charge in [-0.3, -0.25) is 33.6 Å². The third-order valence-electron chi connectivity index (χ3n) is 24.9. The summed E-state index contributed by atoms with van der Waals surface area (Å²) in [7, 11) is -9.67. The van der Waals surface area contributed by atoms with Crippen LogP contribution in [0.1, 0.15) is 137 Å². The van der Waals surface area contributed by atoms with Crippen LogP contribution in [0.3, 0.4) is 0 Å². The fourth-order valence-corrected chi connectivity index (χ4v) is 20.8. The number of Topliss-reactive ketones (excluding diaryl/α,β-unsaturated/α-hetero) is 2. The number of para-hydroxylation sites is 2. The molecular weight excluding hydrogens is 1700 g/mol. The summed E-state index contributed by atoms with van der Waals surface area (Å²) in [5, 5.41) is 24.4. The standard InChI is InChI=1S/C16H17FN2O2.C16H20N2O2.C15H16FN3O2.C15H17FN2O3S.C15H20N2O3S.C14H16FN3O3S/c1-10(20)19-6-4-11(5-7-19)16(21)14-9-18-15-8-12(17)2-3-13(14)15;1-11(20)18-7-6-12(8-13(18)10-19)15-9-17-16-5-3-2-4-14(15)16;1-10(20)18-4-6-19(7-5-18)15(21)13-9-17-14-8-11(16)2-3-12(13)14;1-22(20,21)18-6-4-10(5-7-18)15(19)13-9-17-14-8-11(16)2-3-12(13)14;1-21(19,20)17-7-6-11(8-12(17)10-18)14-9-16-15-5-3-2-4-13(14)15;1-22(20,21)18-6-4-17(5-7-18)14(19)12-9-16-13-8-10(15)2-3-11(12)13/h2-3,8-9,11,18H,4-7H2,1H3;2-5,9,12-13,17,19H,6-8,10H2,1H3;2-3,8-9,17H,4-7H2,1H3;2-3,8-10,17H,4-7H2,1H3;2-5,9,11-12,16,18H,6-8,10H2,1H3;2-3,8-9,16H,4-7H2,1H3. The first-order chi connectivity index (χ1) is 60.5. The number of carbonyl (C=O) groups is 7. The summed E-state index contributed by atoms with van der Waals surface area (Å²) in [5.74, 6) is -0.998. The molecule has 0 bridgehead atoms. The number of hydrogen-bond donors (Lipinski definition) is 8. The number of piperidine rings is 4. The molecule has 4 atom stereocenters. The average molecular weight is 1810 g/mol. The number of rotatable bonds is 13. The third kappa shape index (κ3) is 22.1. The molecule has 6 aromatic carbocycles. The van der Waals surface area contributed by atoms with Gasteiger partial charge in [-0.1, -0.05) is 36.4 Å². The van der Waals surface area contributed by atoms with Crippen molar-refractivity contribution in [3.63, 3.8) is 0 Å². The predicted molar refractivity (Wildman–Crippen MR) is 478 cm³/mol. The lowest BCUT2D eigenvalue weighted by Crippen LogP contribution is -2.50. The molecule has 8 N–H and O–H groups in total. The molecule has 6 fully saturated rings. The summed E-state index contributed by atoms with van der Waals surface area (Å²) in [4.78, 5) is 111. The van der Waals surface area contributed by atoms with E-state index in [2.05, 4.69) is 54.3 Å². The van der Waals surface area contributed by atoms with Crippen LogP contribution in [0.5, 0.6) is 0 Å². The lowest BCUT2D eigenvalue weighted by atomic mass is 9.85. The number of H-pyrrole nitrogens is 6. The molecule has 0 spiro atoms. The summed E-state index contributed by atoms with van der Waals surface area (Å²) in [6, 6.07) is 33.3. The van der Waals surface area contributed by atoms with Gasteiger partial charge in [0.1, 0.15) is 23.3 Å². The van der Waals surface area contributed by atoms with Gasteiger partial charge in [0.15, 0.2) is 11.6 Å². The van der Waals surface area contributed by atoms with E-state index in [0.29, 0.717) is 178 Å². The van der Waals surface area contributed by atoms with Crippen molar-refractivity contribution in [1.29, 1.82) is 0 Å². The van der Waals surface area contributed by atoms with Crippen molar-refractivity contribution in [3.8, 4) is 0 Å². The minimum absolute atomic E-state index is 0.00832. The summed E-state index contributed by atoms with van der Waals surface area (Å²) in [6.45, 7) is 11.2. The normalized spacial score (nSPS) is 19.0. The topological polar surface area (TPSA) is 383 Å². The number of aromatic nitrogens is 6. The molecule has 127 heavy (non-hydrogen) atoms. The summed E-state index contributed by atoms with van der Waals surface area (Å²) < 4.78 is 126. The second-order valence-electron chi connectivity index (χ2n) is 33.0. The zero-order valence-corrected chi connectivity index (χ0v) is 73.9. The molecule has 6 saturated heterocycles. The van der Waals surface area contributed by atoms with Gasteiger partial charge in [-0.2, -0.15) is 8.61 Å². The van der Waals surface area contributed by atoms with E-state index < -0.39 is 30.1 Å². The fourth-order valence-electron chi connectivity index (χ4n) is 18.0. The predicted octanol–water partition coefficient (Wildman–Crippen LogP) is 11.5. The number of sulfonamides is 3. The molecule has 0 aliphatic carbocycles. The third-order valence-corrected chi connectivity index (χ3v) is 28.9. The smallest absolute Gasteiger partial charge is 0.256 e. The maximum atomic E-state index is 13.2. The van der Waals surface area contributed by atoms with Crippen LogP contribution in [-0.4, -0.2) is 280 Å². The molecule has 6 aliphatic heterocycles. The molecule has 0 radical (unpaired) electrons. The number of likely N-dealkylation sites (tertiary alicyclic amines) is 2. The van der Waals surface area contributed by atoms with Gasteiger partial charge in [-0.15, -0.1) is 0 Å². The highest BCUT2D eigenvalue weighted by Crippen LogP contribution is 2.39. The van der Waals surface area contributed by atoms with Gasteiger partial charge >= 0.3 is 0 Å². The Labute approximate surface area is 732 Å². The van der Waals surface area contributed by atoms with Gasteiger partial charge in [0.05, 0.1) is 49.1 Å². The highest BCUT2D eigenvalue weighted by Gasteiger charge is 2.38. The van der Waals surface area contributed by atoms with E-state index in [4.69, 9.17) is 0 Å². The Morgan fingerprint density at radius 2 is 0.677 bits per heavy atom. The Hall–Kier alpha value is -11.4. The molecule has 12 heterocycles. The minimum Gasteiger partial charge on any atom is -0.395 e. The van der Waals surface area contributed by atoms with Crippen LogP contribution < -0.4 is 0 Å².